The molecule has 1 aliphatic rings. The van der Waals surface area contributed by atoms with Gasteiger partial charge in [0.25, 0.3) is 0 Å². The predicted molar refractivity (Wildman–Crippen MR) is 96.5 cm³/mol. The second kappa shape index (κ2) is 7.65. The highest BCUT2D eigenvalue weighted by Gasteiger charge is 2.40. The van der Waals surface area contributed by atoms with Crippen LogP contribution in [0.3, 0.4) is 0 Å². The summed E-state index contributed by atoms with van der Waals surface area (Å²) in [6.45, 7) is 3.06. The third-order valence-corrected chi connectivity index (χ3v) is 5.28. The van der Waals surface area contributed by atoms with E-state index in [4.69, 9.17) is 5.26 Å². The van der Waals surface area contributed by atoms with E-state index in [0.29, 0.717) is 17.0 Å². The fourth-order valence-corrected chi connectivity index (χ4v) is 3.77. The number of nitrogens with zero attached hydrogens (tertiary/aromatic N) is 4. The van der Waals surface area contributed by atoms with Gasteiger partial charge in [-0.2, -0.15) is 42.0 Å². The van der Waals surface area contributed by atoms with Gasteiger partial charge in [0.2, 0.25) is 0 Å². The SMILES string of the molecule is Cc1c(C#N)c(C2C=CC(C#N)=C(C(F)(F)F)C2)c(C)n1Cc1cc(C(F)(F)F)[nH]n1. The normalized spacial score (nSPS) is 17.0. The molecule has 2 aromatic heterocycles. The summed E-state index contributed by atoms with van der Waals surface area (Å²) < 4.78 is 80.2. The van der Waals surface area contributed by atoms with Crippen LogP contribution in [-0.4, -0.2) is 20.9 Å². The average molecular weight is 439 g/mol. The summed E-state index contributed by atoms with van der Waals surface area (Å²) in [5, 5.41) is 24.2. The van der Waals surface area contributed by atoms with Crippen LogP contribution >= 0.6 is 0 Å². The molecule has 0 aliphatic heterocycles. The lowest BCUT2D eigenvalue weighted by Gasteiger charge is -2.22. The molecule has 1 aliphatic carbocycles. The first-order valence-corrected chi connectivity index (χ1v) is 8.98. The Morgan fingerprint density at radius 3 is 2.29 bits per heavy atom. The van der Waals surface area contributed by atoms with Gasteiger partial charge in [0.05, 0.1) is 35.0 Å². The van der Waals surface area contributed by atoms with Gasteiger partial charge >= 0.3 is 12.4 Å². The maximum Gasteiger partial charge on any atom is 0.432 e. The summed E-state index contributed by atoms with van der Waals surface area (Å²) in [6, 6.07) is 4.37. The van der Waals surface area contributed by atoms with Gasteiger partial charge in [0.15, 0.2) is 0 Å². The van der Waals surface area contributed by atoms with Crippen LogP contribution in [0.15, 0.2) is 29.4 Å². The van der Waals surface area contributed by atoms with Crippen molar-refractivity contribution < 1.29 is 26.3 Å². The Balaban J connectivity index is 2.02. The minimum atomic E-state index is -4.70. The molecule has 1 atom stereocenters. The lowest BCUT2D eigenvalue weighted by Crippen LogP contribution is -2.19. The van der Waals surface area contributed by atoms with Crippen molar-refractivity contribution in [1.29, 1.82) is 10.5 Å². The fraction of sp³-hybridized carbons (Fsp3) is 0.350. The Morgan fingerprint density at radius 2 is 1.77 bits per heavy atom. The molecular weight excluding hydrogens is 424 g/mol. The topological polar surface area (TPSA) is 81.2 Å². The highest BCUT2D eigenvalue weighted by molar-refractivity contribution is 5.53. The second-order valence-electron chi connectivity index (χ2n) is 7.10. The van der Waals surface area contributed by atoms with Gasteiger partial charge < -0.3 is 4.57 Å². The monoisotopic (exact) mass is 439 g/mol. The molecule has 3 rings (SSSR count). The average Bonchev–Trinajstić information content (AvgIpc) is 3.25. The highest BCUT2D eigenvalue weighted by atomic mass is 19.4. The van der Waals surface area contributed by atoms with Gasteiger partial charge in [0.1, 0.15) is 11.8 Å². The van der Waals surface area contributed by atoms with E-state index in [9.17, 15) is 31.6 Å². The first kappa shape index (κ1) is 22.2. The molecule has 0 fully saturated rings. The molecule has 2 heterocycles. The van der Waals surface area contributed by atoms with Crippen molar-refractivity contribution in [3.63, 3.8) is 0 Å². The number of aromatic amines is 1. The Bertz CT molecular complexity index is 1160. The molecule has 0 amide bonds. The number of rotatable bonds is 3. The van der Waals surface area contributed by atoms with Crippen LogP contribution in [0.5, 0.6) is 0 Å². The Kier molecular flexibility index (Phi) is 5.49. The van der Waals surface area contributed by atoms with Crippen molar-refractivity contribution >= 4 is 0 Å². The van der Waals surface area contributed by atoms with Gasteiger partial charge in [-0.15, -0.1) is 0 Å². The molecule has 0 spiro atoms. The number of halogens is 6. The van der Waals surface area contributed by atoms with Crippen molar-refractivity contribution in [3.05, 3.63) is 63.3 Å². The van der Waals surface area contributed by atoms with E-state index in [2.05, 4.69) is 5.10 Å². The van der Waals surface area contributed by atoms with E-state index >= 15 is 0 Å². The number of allylic oxidation sites excluding steroid dienone is 4. The summed E-state index contributed by atoms with van der Waals surface area (Å²) in [5.41, 5.74) is -1.06. The number of alkyl halides is 6. The zero-order chi connectivity index (χ0) is 23.1. The van der Waals surface area contributed by atoms with E-state index in [1.807, 2.05) is 11.2 Å². The number of hydrogen-bond acceptors (Lipinski definition) is 3. The lowest BCUT2D eigenvalue weighted by atomic mass is 9.83. The molecular formula is C20H15F6N5. The minimum Gasteiger partial charge on any atom is -0.342 e. The first-order valence-electron chi connectivity index (χ1n) is 8.98. The van der Waals surface area contributed by atoms with Gasteiger partial charge in [-0.1, -0.05) is 6.08 Å². The zero-order valence-electron chi connectivity index (χ0n) is 16.3. The van der Waals surface area contributed by atoms with Crippen molar-refractivity contribution in [1.82, 2.24) is 14.8 Å². The number of nitriles is 2. The number of hydrogen-bond donors (Lipinski definition) is 1. The standard InChI is InChI=1S/C20H15F6N5/c1-10-15(8-28)18(12-3-4-13(7-27)16(5-12)19(21,22)23)11(2)31(10)9-14-6-17(30-29-14)20(24,25)26/h3-4,6,12H,5,9H2,1-2H3,(H,29,30). The van der Waals surface area contributed by atoms with Crippen LogP contribution in [0.4, 0.5) is 26.3 Å². The van der Waals surface area contributed by atoms with Crippen LogP contribution in [0, 0.1) is 36.5 Å². The molecule has 11 heteroatoms. The largest absolute Gasteiger partial charge is 0.432 e. The van der Waals surface area contributed by atoms with Gasteiger partial charge in [-0.25, -0.2) is 0 Å². The third-order valence-electron chi connectivity index (χ3n) is 5.28. The van der Waals surface area contributed by atoms with Crippen LogP contribution in [0.2, 0.25) is 0 Å². The van der Waals surface area contributed by atoms with E-state index < -0.39 is 41.5 Å². The minimum absolute atomic E-state index is 0.0615. The Hall–Kier alpha value is -3.47. The molecule has 31 heavy (non-hydrogen) atoms. The quantitative estimate of drug-likeness (QED) is 0.668. The van der Waals surface area contributed by atoms with Crippen LogP contribution < -0.4 is 0 Å². The van der Waals surface area contributed by atoms with E-state index in [-0.39, 0.29) is 17.8 Å². The molecule has 1 N–H and O–H groups in total. The van der Waals surface area contributed by atoms with Crippen molar-refractivity contribution in [3.8, 4) is 12.1 Å². The van der Waals surface area contributed by atoms with Crippen LogP contribution in [-0.2, 0) is 12.7 Å². The summed E-state index contributed by atoms with van der Waals surface area (Å²) in [7, 11) is 0. The lowest BCUT2D eigenvalue weighted by molar-refractivity contribution is -0.141. The number of H-pyrrole nitrogens is 1. The van der Waals surface area contributed by atoms with Crippen molar-refractivity contribution in [2.45, 2.75) is 45.1 Å². The van der Waals surface area contributed by atoms with Crippen LogP contribution in [0.25, 0.3) is 0 Å². The molecule has 162 valence electrons. The molecule has 0 saturated carbocycles. The molecule has 2 aromatic rings. The molecule has 0 saturated heterocycles. The first-order chi connectivity index (χ1) is 14.4. The predicted octanol–water partition coefficient (Wildman–Crippen LogP) is 5.19. The van der Waals surface area contributed by atoms with Crippen LogP contribution in [0.1, 0.15) is 46.2 Å². The van der Waals surface area contributed by atoms with Crippen molar-refractivity contribution in [2.24, 2.45) is 0 Å². The maximum atomic E-state index is 13.4. The smallest absolute Gasteiger partial charge is 0.342 e. The van der Waals surface area contributed by atoms with Gasteiger partial charge in [-0.05, 0) is 38.0 Å². The number of nitrogens with one attached hydrogen (secondary N) is 1. The number of aromatic nitrogens is 3. The third kappa shape index (κ3) is 4.08. The molecule has 0 aromatic carbocycles. The Morgan fingerprint density at radius 1 is 1.10 bits per heavy atom. The van der Waals surface area contributed by atoms with E-state index in [1.165, 1.54) is 12.1 Å². The molecule has 1 unspecified atom stereocenters. The Labute approximate surface area is 172 Å². The summed E-state index contributed by atoms with van der Waals surface area (Å²) >= 11 is 0. The molecule has 0 radical (unpaired) electrons. The molecule has 0 bridgehead atoms. The zero-order valence-corrected chi connectivity index (χ0v) is 16.3. The van der Waals surface area contributed by atoms with E-state index in [0.717, 1.165) is 12.1 Å². The maximum absolute atomic E-state index is 13.4. The van der Waals surface area contributed by atoms with Crippen molar-refractivity contribution in [2.75, 3.05) is 0 Å². The fourth-order valence-electron chi connectivity index (χ4n) is 3.77. The summed E-state index contributed by atoms with van der Waals surface area (Å²) in [5.74, 6) is -0.812. The van der Waals surface area contributed by atoms with E-state index in [1.54, 1.807) is 18.4 Å². The molecule has 5 nitrogen and oxygen atoms in total. The van der Waals surface area contributed by atoms with Gasteiger partial charge in [0, 0.05) is 17.3 Å². The van der Waals surface area contributed by atoms with Gasteiger partial charge in [-0.3, -0.25) is 5.10 Å². The second-order valence-corrected chi connectivity index (χ2v) is 7.10. The summed E-state index contributed by atoms with van der Waals surface area (Å²) in [6.07, 6.45) is -7.27. The summed E-state index contributed by atoms with van der Waals surface area (Å²) in [4.78, 5) is 0. The highest BCUT2D eigenvalue weighted by Crippen LogP contribution is 2.42.